The summed E-state index contributed by atoms with van der Waals surface area (Å²) < 4.78 is 0. The lowest BCUT2D eigenvalue weighted by atomic mass is 9.67. The monoisotopic (exact) mass is 763 g/mol. The van der Waals surface area contributed by atoms with Gasteiger partial charge >= 0.3 is 0 Å². The van der Waals surface area contributed by atoms with Crippen molar-refractivity contribution in [3.63, 3.8) is 0 Å². The molecule has 282 valence electrons. The predicted molar refractivity (Wildman–Crippen MR) is 252 cm³/mol. The Labute approximate surface area is 352 Å². The minimum atomic E-state index is -0.441. The van der Waals surface area contributed by atoms with E-state index < -0.39 is 5.41 Å². The second-order valence-electron chi connectivity index (χ2n) is 15.6. The molecule has 0 fully saturated rings. The van der Waals surface area contributed by atoms with E-state index in [0.717, 1.165) is 17.1 Å². The maximum Gasteiger partial charge on any atom is 0.0713 e. The largest absolute Gasteiger partial charge is 0.310 e. The van der Waals surface area contributed by atoms with E-state index in [2.05, 4.69) is 254 Å². The summed E-state index contributed by atoms with van der Waals surface area (Å²) in [5.41, 5.74) is 17.9. The first-order chi connectivity index (χ1) is 29.8. The van der Waals surface area contributed by atoms with Crippen LogP contribution in [-0.2, 0) is 5.41 Å². The highest BCUT2D eigenvalue weighted by atomic mass is 15.1. The zero-order chi connectivity index (χ0) is 39.9. The highest BCUT2D eigenvalue weighted by molar-refractivity contribution is 6.00. The van der Waals surface area contributed by atoms with Crippen LogP contribution < -0.4 is 4.90 Å². The standard InChI is InChI=1S/C59H41N/c1-4-18-42(19-5-1)50-26-12-13-27-51(50)44-34-38-48(39-35-44)60(57-33-16-21-43-20-10-11-28-52(43)57)49-40-36-45(37-41-49)53-30-17-32-56-58(53)54-29-14-15-31-55(54)59(56,46-22-6-2-7-23-46)47-24-8-3-9-25-47/h1-41H. The Balaban J connectivity index is 1.04. The van der Waals surface area contributed by atoms with Crippen LogP contribution in [0.2, 0.25) is 0 Å². The van der Waals surface area contributed by atoms with Crippen LogP contribution >= 0.6 is 0 Å². The first-order valence-electron chi connectivity index (χ1n) is 20.8. The topological polar surface area (TPSA) is 3.24 Å². The molecule has 0 saturated carbocycles. The third kappa shape index (κ3) is 5.78. The number of rotatable bonds is 8. The van der Waals surface area contributed by atoms with Gasteiger partial charge in [-0.2, -0.15) is 0 Å². The van der Waals surface area contributed by atoms with Crippen molar-refractivity contribution >= 4 is 27.8 Å². The van der Waals surface area contributed by atoms with Crippen molar-refractivity contribution in [2.75, 3.05) is 4.90 Å². The number of hydrogen-bond acceptors (Lipinski definition) is 1. The Bertz CT molecular complexity index is 3070. The molecule has 0 N–H and O–H groups in total. The van der Waals surface area contributed by atoms with Gasteiger partial charge in [0.15, 0.2) is 0 Å². The maximum atomic E-state index is 2.40. The molecule has 0 amide bonds. The quantitative estimate of drug-likeness (QED) is 0.149. The Morgan fingerprint density at radius 1 is 0.283 bits per heavy atom. The average molecular weight is 764 g/mol. The normalized spacial score (nSPS) is 12.5. The van der Waals surface area contributed by atoms with Crippen molar-refractivity contribution in [2.24, 2.45) is 0 Å². The fraction of sp³-hybridized carbons (Fsp3) is 0.0169. The van der Waals surface area contributed by atoms with Gasteiger partial charge in [0.2, 0.25) is 0 Å². The van der Waals surface area contributed by atoms with Crippen LogP contribution in [0.5, 0.6) is 0 Å². The van der Waals surface area contributed by atoms with E-state index in [9.17, 15) is 0 Å². The molecular weight excluding hydrogens is 723 g/mol. The summed E-state index contributed by atoms with van der Waals surface area (Å²) >= 11 is 0. The number of fused-ring (bicyclic) bond motifs is 4. The summed E-state index contributed by atoms with van der Waals surface area (Å²) in [6.07, 6.45) is 0. The van der Waals surface area contributed by atoms with E-state index in [1.54, 1.807) is 0 Å². The second kappa shape index (κ2) is 14.9. The Hall–Kier alpha value is -7.74. The van der Waals surface area contributed by atoms with Crippen LogP contribution in [0.3, 0.4) is 0 Å². The Morgan fingerprint density at radius 3 is 1.35 bits per heavy atom. The van der Waals surface area contributed by atoms with Crippen molar-refractivity contribution in [3.05, 3.63) is 271 Å². The lowest BCUT2D eigenvalue weighted by Gasteiger charge is -2.34. The van der Waals surface area contributed by atoms with Crippen LogP contribution in [0.25, 0.3) is 55.3 Å². The first kappa shape index (κ1) is 35.4. The number of nitrogens with zero attached hydrogens (tertiary/aromatic N) is 1. The summed E-state index contributed by atoms with van der Waals surface area (Å²) in [6.45, 7) is 0. The molecule has 60 heavy (non-hydrogen) atoms. The molecule has 0 unspecified atom stereocenters. The second-order valence-corrected chi connectivity index (χ2v) is 15.6. The minimum Gasteiger partial charge on any atom is -0.310 e. The molecule has 11 rings (SSSR count). The van der Waals surface area contributed by atoms with Crippen molar-refractivity contribution in [1.29, 1.82) is 0 Å². The number of hydrogen-bond donors (Lipinski definition) is 0. The average Bonchev–Trinajstić information content (AvgIpc) is 3.64. The van der Waals surface area contributed by atoms with Gasteiger partial charge in [-0.15, -0.1) is 0 Å². The van der Waals surface area contributed by atoms with E-state index in [1.165, 1.54) is 77.5 Å². The minimum absolute atomic E-state index is 0.441. The van der Waals surface area contributed by atoms with Gasteiger partial charge in [0.1, 0.15) is 0 Å². The Kier molecular flexibility index (Phi) is 8.79. The van der Waals surface area contributed by atoms with Crippen LogP contribution in [0.1, 0.15) is 22.3 Å². The number of anilines is 3. The highest BCUT2D eigenvalue weighted by Gasteiger charge is 2.46. The van der Waals surface area contributed by atoms with Gasteiger partial charge in [0, 0.05) is 16.8 Å². The van der Waals surface area contributed by atoms with E-state index in [4.69, 9.17) is 0 Å². The summed E-state index contributed by atoms with van der Waals surface area (Å²) in [5, 5.41) is 2.42. The van der Waals surface area contributed by atoms with Gasteiger partial charge in [-0.25, -0.2) is 0 Å². The third-order valence-corrected chi connectivity index (χ3v) is 12.4. The number of benzene rings is 10. The molecule has 1 aliphatic carbocycles. The molecular formula is C59H41N. The van der Waals surface area contributed by atoms with Crippen molar-refractivity contribution in [2.45, 2.75) is 5.41 Å². The fourth-order valence-corrected chi connectivity index (χ4v) is 9.75. The highest BCUT2D eigenvalue weighted by Crippen LogP contribution is 2.58. The summed E-state index contributed by atoms with van der Waals surface area (Å²) in [4.78, 5) is 2.40. The fourth-order valence-electron chi connectivity index (χ4n) is 9.75. The smallest absolute Gasteiger partial charge is 0.0713 e. The zero-order valence-corrected chi connectivity index (χ0v) is 33.1. The molecule has 0 aromatic heterocycles. The molecule has 0 saturated heterocycles. The van der Waals surface area contributed by atoms with Crippen molar-refractivity contribution in [3.8, 4) is 44.5 Å². The molecule has 1 nitrogen and oxygen atoms in total. The van der Waals surface area contributed by atoms with Crippen LogP contribution in [0.4, 0.5) is 17.1 Å². The van der Waals surface area contributed by atoms with Crippen LogP contribution in [-0.4, -0.2) is 0 Å². The van der Waals surface area contributed by atoms with Gasteiger partial charge in [-0.1, -0.05) is 218 Å². The molecule has 0 spiro atoms. The lowest BCUT2D eigenvalue weighted by Crippen LogP contribution is -2.28. The lowest BCUT2D eigenvalue weighted by molar-refractivity contribution is 0.768. The van der Waals surface area contributed by atoms with E-state index in [-0.39, 0.29) is 0 Å². The molecule has 0 aliphatic heterocycles. The van der Waals surface area contributed by atoms with Gasteiger partial charge in [-0.05, 0) is 102 Å². The summed E-state index contributed by atoms with van der Waals surface area (Å²) in [7, 11) is 0. The molecule has 1 aliphatic rings. The zero-order valence-electron chi connectivity index (χ0n) is 33.1. The molecule has 10 aromatic carbocycles. The van der Waals surface area contributed by atoms with Crippen LogP contribution in [0.15, 0.2) is 249 Å². The van der Waals surface area contributed by atoms with Crippen LogP contribution in [0, 0.1) is 0 Å². The van der Waals surface area contributed by atoms with Crippen molar-refractivity contribution < 1.29 is 0 Å². The maximum absolute atomic E-state index is 2.40. The molecule has 0 radical (unpaired) electrons. The Morgan fingerprint density at radius 2 is 0.717 bits per heavy atom. The van der Waals surface area contributed by atoms with Gasteiger partial charge in [-0.3, -0.25) is 0 Å². The third-order valence-electron chi connectivity index (χ3n) is 12.4. The van der Waals surface area contributed by atoms with E-state index in [1.807, 2.05) is 0 Å². The molecule has 1 heteroatoms. The molecule has 0 bridgehead atoms. The molecule has 0 heterocycles. The van der Waals surface area contributed by atoms with E-state index >= 15 is 0 Å². The van der Waals surface area contributed by atoms with Crippen molar-refractivity contribution in [1.82, 2.24) is 0 Å². The van der Waals surface area contributed by atoms with Gasteiger partial charge in [0.05, 0.1) is 11.1 Å². The van der Waals surface area contributed by atoms with Gasteiger partial charge in [0.25, 0.3) is 0 Å². The van der Waals surface area contributed by atoms with Gasteiger partial charge < -0.3 is 4.90 Å². The molecule has 0 atom stereocenters. The first-order valence-corrected chi connectivity index (χ1v) is 20.8. The van der Waals surface area contributed by atoms with E-state index in [0.29, 0.717) is 0 Å². The SMILES string of the molecule is c1ccc(-c2ccccc2-c2ccc(N(c3ccc(-c4cccc5c4-c4ccccc4C5(c4ccccc4)c4ccccc4)cc3)c3cccc4ccccc34)cc2)cc1. The predicted octanol–water partition coefficient (Wildman–Crippen LogP) is 15.7. The molecule has 10 aromatic rings. The summed E-state index contributed by atoms with van der Waals surface area (Å²) in [6, 6.07) is 90.8. The summed E-state index contributed by atoms with van der Waals surface area (Å²) in [5.74, 6) is 0.